The summed E-state index contributed by atoms with van der Waals surface area (Å²) in [4.78, 5) is 1.21. The first-order valence-corrected chi connectivity index (χ1v) is 6.74. The van der Waals surface area contributed by atoms with Gasteiger partial charge in [-0.25, -0.2) is 0 Å². The maximum absolute atomic E-state index is 5.71. The van der Waals surface area contributed by atoms with Crippen LogP contribution in [-0.4, -0.2) is 9.59 Å². The lowest BCUT2D eigenvalue weighted by molar-refractivity contribution is 0.226. The van der Waals surface area contributed by atoms with Crippen LogP contribution in [0.1, 0.15) is 49.2 Å². The summed E-state index contributed by atoms with van der Waals surface area (Å²) in [5.41, 5.74) is 3.99. The molecule has 3 atom stereocenters. The third-order valence-corrected chi connectivity index (χ3v) is 4.51. The molecule has 0 amide bonds. The highest BCUT2D eigenvalue weighted by atomic mass is 32.1. The summed E-state index contributed by atoms with van der Waals surface area (Å²) < 4.78 is 4.00. The summed E-state index contributed by atoms with van der Waals surface area (Å²) in [7, 11) is 0. The fourth-order valence-electron chi connectivity index (χ4n) is 2.73. The highest BCUT2D eigenvalue weighted by Gasteiger charge is 2.29. The van der Waals surface area contributed by atoms with Crippen molar-refractivity contribution in [3.8, 4) is 0 Å². The number of nitrogens with zero attached hydrogens (tertiary/aromatic N) is 2. The fraction of sp³-hybridized carbons (Fsp3) is 0.818. The number of nitrogens with one attached hydrogen (secondary N) is 1. The van der Waals surface area contributed by atoms with Crippen LogP contribution < -0.4 is 11.3 Å². The van der Waals surface area contributed by atoms with Gasteiger partial charge in [0.05, 0.1) is 16.6 Å². The van der Waals surface area contributed by atoms with Crippen molar-refractivity contribution in [2.45, 2.75) is 45.6 Å². The van der Waals surface area contributed by atoms with Crippen molar-refractivity contribution in [2.24, 2.45) is 17.7 Å². The molecule has 0 aromatic carbocycles. The first kappa shape index (κ1) is 12.0. The van der Waals surface area contributed by atoms with E-state index in [0.717, 1.165) is 11.6 Å². The Labute approximate surface area is 101 Å². The van der Waals surface area contributed by atoms with Crippen LogP contribution in [0, 0.1) is 18.8 Å². The Hall–Kier alpha value is -0.520. The van der Waals surface area contributed by atoms with Crippen molar-refractivity contribution in [3.63, 3.8) is 0 Å². The summed E-state index contributed by atoms with van der Waals surface area (Å²) in [5, 5.41) is 4.07. The van der Waals surface area contributed by atoms with Crippen LogP contribution in [0.4, 0.5) is 0 Å². The molecule has 1 saturated carbocycles. The van der Waals surface area contributed by atoms with Gasteiger partial charge in [-0.15, -0.1) is 5.10 Å². The average molecular weight is 240 g/mol. The normalized spacial score (nSPS) is 27.9. The topological polar surface area (TPSA) is 63.8 Å². The molecule has 0 aliphatic heterocycles. The summed E-state index contributed by atoms with van der Waals surface area (Å²) in [6.45, 7) is 4.34. The zero-order valence-electron chi connectivity index (χ0n) is 9.94. The van der Waals surface area contributed by atoms with Crippen molar-refractivity contribution in [3.05, 3.63) is 10.6 Å². The Kier molecular flexibility index (Phi) is 3.89. The molecule has 1 aromatic rings. The maximum atomic E-state index is 5.71. The van der Waals surface area contributed by atoms with E-state index in [9.17, 15) is 0 Å². The van der Waals surface area contributed by atoms with Gasteiger partial charge in [-0.1, -0.05) is 24.3 Å². The molecule has 4 nitrogen and oxygen atoms in total. The van der Waals surface area contributed by atoms with Crippen LogP contribution in [0.5, 0.6) is 0 Å². The molecule has 0 spiro atoms. The van der Waals surface area contributed by atoms with Crippen LogP contribution in [-0.2, 0) is 0 Å². The first-order valence-electron chi connectivity index (χ1n) is 5.97. The zero-order chi connectivity index (χ0) is 11.5. The van der Waals surface area contributed by atoms with Gasteiger partial charge in [0, 0.05) is 0 Å². The number of aromatic nitrogens is 2. The first-order chi connectivity index (χ1) is 7.72. The summed E-state index contributed by atoms with van der Waals surface area (Å²) in [6, 6.07) is 0.239. The molecule has 1 aliphatic carbocycles. The summed E-state index contributed by atoms with van der Waals surface area (Å²) >= 11 is 1.47. The van der Waals surface area contributed by atoms with Crippen LogP contribution >= 0.6 is 11.5 Å². The SMILES string of the molecule is Cc1nnsc1C(NN)C1CCCC(C)C1. The van der Waals surface area contributed by atoms with Crippen molar-refractivity contribution < 1.29 is 0 Å². The lowest BCUT2D eigenvalue weighted by atomic mass is 9.78. The van der Waals surface area contributed by atoms with Gasteiger partial charge in [0.15, 0.2) is 0 Å². The number of hydrazine groups is 1. The van der Waals surface area contributed by atoms with Gasteiger partial charge in [-0.2, -0.15) is 0 Å². The molecule has 1 aromatic heterocycles. The fourth-order valence-corrected chi connectivity index (χ4v) is 3.53. The summed E-state index contributed by atoms with van der Waals surface area (Å²) in [6.07, 6.45) is 5.19. The van der Waals surface area contributed by atoms with E-state index in [1.54, 1.807) is 0 Å². The highest BCUT2D eigenvalue weighted by molar-refractivity contribution is 7.05. The number of rotatable bonds is 3. The number of hydrogen-bond acceptors (Lipinski definition) is 5. The van der Waals surface area contributed by atoms with Gasteiger partial charge in [0.2, 0.25) is 0 Å². The third kappa shape index (κ3) is 2.42. The van der Waals surface area contributed by atoms with E-state index < -0.39 is 0 Å². The van der Waals surface area contributed by atoms with Gasteiger partial charge in [0.1, 0.15) is 0 Å². The van der Waals surface area contributed by atoms with Crippen molar-refractivity contribution >= 4 is 11.5 Å². The summed E-state index contributed by atoms with van der Waals surface area (Å²) in [5.74, 6) is 7.16. The van der Waals surface area contributed by atoms with Crippen molar-refractivity contribution in [1.29, 1.82) is 0 Å². The Morgan fingerprint density at radius 1 is 1.50 bits per heavy atom. The molecule has 3 unspecified atom stereocenters. The van der Waals surface area contributed by atoms with Gasteiger partial charge >= 0.3 is 0 Å². The predicted molar refractivity (Wildman–Crippen MR) is 65.8 cm³/mol. The molecule has 0 radical (unpaired) electrons. The van der Waals surface area contributed by atoms with Crippen molar-refractivity contribution in [2.75, 3.05) is 0 Å². The smallest absolute Gasteiger partial charge is 0.0773 e. The quantitative estimate of drug-likeness (QED) is 0.628. The molecule has 0 saturated heterocycles. The molecule has 90 valence electrons. The monoisotopic (exact) mass is 240 g/mol. The minimum absolute atomic E-state index is 0.239. The molecular weight excluding hydrogens is 220 g/mol. The molecule has 1 fully saturated rings. The Morgan fingerprint density at radius 3 is 2.88 bits per heavy atom. The van der Waals surface area contributed by atoms with Gasteiger partial charge in [-0.3, -0.25) is 11.3 Å². The average Bonchev–Trinajstić information content (AvgIpc) is 2.67. The predicted octanol–water partition coefficient (Wildman–Crippen LogP) is 2.18. The lowest BCUT2D eigenvalue weighted by Gasteiger charge is -2.32. The van der Waals surface area contributed by atoms with Crippen LogP contribution in [0.3, 0.4) is 0 Å². The maximum Gasteiger partial charge on any atom is 0.0773 e. The zero-order valence-corrected chi connectivity index (χ0v) is 10.8. The highest BCUT2D eigenvalue weighted by Crippen LogP contribution is 2.38. The molecule has 5 heteroatoms. The molecular formula is C11H20N4S. The van der Waals surface area contributed by atoms with E-state index in [4.69, 9.17) is 5.84 Å². The molecule has 1 heterocycles. The van der Waals surface area contributed by atoms with E-state index in [2.05, 4.69) is 21.9 Å². The minimum atomic E-state index is 0.239. The van der Waals surface area contributed by atoms with E-state index in [1.165, 1.54) is 42.1 Å². The molecule has 2 rings (SSSR count). The van der Waals surface area contributed by atoms with Crippen LogP contribution in [0.2, 0.25) is 0 Å². The molecule has 16 heavy (non-hydrogen) atoms. The second-order valence-corrected chi connectivity index (χ2v) is 5.68. The standard InChI is InChI=1S/C11H20N4S/c1-7-4-3-5-9(6-7)10(13-12)11-8(2)14-15-16-11/h7,9-10,13H,3-6,12H2,1-2H3. The van der Waals surface area contributed by atoms with Crippen LogP contribution in [0.25, 0.3) is 0 Å². The number of nitrogens with two attached hydrogens (primary N) is 1. The Morgan fingerprint density at radius 2 is 2.31 bits per heavy atom. The van der Waals surface area contributed by atoms with E-state index in [1.807, 2.05) is 6.92 Å². The van der Waals surface area contributed by atoms with E-state index >= 15 is 0 Å². The Balaban J connectivity index is 2.13. The number of aryl methyl sites for hydroxylation is 1. The van der Waals surface area contributed by atoms with Gasteiger partial charge < -0.3 is 0 Å². The molecule has 3 N–H and O–H groups in total. The minimum Gasteiger partial charge on any atom is -0.271 e. The second kappa shape index (κ2) is 5.21. The number of hydrogen-bond donors (Lipinski definition) is 2. The lowest BCUT2D eigenvalue weighted by Crippen LogP contribution is -2.35. The molecule has 1 aliphatic rings. The second-order valence-electron chi connectivity index (χ2n) is 4.90. The molecule has 0 bridgehead atoms. The Bertz CT molecular complexity index is 338. The van der Waals surface area contributed by atoms with E-state index in [0.29, 0.717) is 5.92 Å². The largest absolute Gasteiger partial charge is 0.271 e. The third-order valence-electron chi connectivity index (χ3n) is 3.60. The van der Waals surface area contributed by atoms with Gasteiger partial charge in [0.25, 0.3) is 0 Å². The van der Waals surface area contributed by atoms with Crippen molar-refractivity contribution in [1.82, 2.24) is 15.0 Å². The van der Waals surface area contributed by atoms with E-state index in [-0.39, 0.29) is 6.04 Å². The van der Waals surface area contributed by atoms with Crippen LogP contribution in [0.15, 0.2) is 0 Å². The van der Waals surface area contributed by atoms with Gasteiger partial charge in [-0.05, 0) is 43.1 Å².